The van der Waals surface area contributed by atoms with Gasteiger partial charge in [-0.3, -0.25) is 19.9 Å². The first-order valence-electron chi connectivity index (χ1n) is 14.4. The van der Waals surface area contributed by atoms with Crippen molar-refractivity contribution >= 4 is 35.2 Å². The maximum atomic E-state index is 14.1. The number of carbonyl (C=O) groups excluding carboxylic acids is 3. The van der Waals surface area contributed by atoms with E-state index in [-0.39, 0.29) is 11.9 Å². The smallest absolute Gasteiger partial charge is 0.413 e. The van der Waals surface area contributed by atoms with Gasteiger partial charge in [0.25, 0.3) is 5.91 Å². The average molecular weight is 586 g/mol. The number of esters is 1. The molecular formula is C33H39N5O5. The van der Waals surface area contributed by atoms with E-state index in [2.05, 4.69) is 21.4 Å². The number of methoxy groups -OCH3 is 1. The lowest BCUT2D eigenvalue weighted by atomic mass is 10.1. The Labute approximate surface area is 252 Å². The molecule has 0 saturated heterocycles. The highest BCUT2D eigenvalue weighted by Gasteiger charge is 2.32. The molecule has 3 aromatic rings. The molecule has 0 unspecified atom stereocenters. The van der Waals surface area contributed by atoms with Gasteiger partial charge in [-0.2, -0.15) is 0 Å². The molecule has 2 amide bonds. The highest BCUT2D eigenvalue weighted by Crippen LogP contribution is 2.32. The number of ether oxygens (including phenoxy) is 2. The zero-order valence-electron chi connectivity index (χ0n) is 25.2. The number of allylic oxidation sites excluding steroid dienone is 1. The van der Waals surface area contributed by atoms with E-state index in [1.807, 2.05) is 53.5 Å². The van der Waals surface area contributed by atoms with Crippen LogP contribution < -0.4 is 15.2 Å². The van der Waals surface area contributed by atoms with E-state index >= 15 is 0 Å². The number of nitrogens with zero attached hydrogens (tertiary/aromatic N) is 4. The molecule has 2 heterocycles. The van der Waals surface area contributed by atoms with Gasteiger partial charge in [-0.25, -0.2) is 14.8 Å². The van der Waals surface area contributed by atoms with Crippen LogP contribution in [-0.2, 0) is 14.3 Å². The van der Waals surface area contributed by atoms with E-state index in [9.17, 15) is 14.4 Å². The van der Waals surface area contributed by atoms with Crippen LogP contribution in [-0.4, -0.2) is 47.3 Å². The summed E-state index contributed by atoms with van der Waals surface area (Å²) in [6.07, 6.45) is 6.47. The number of anilines is 3. The van der Waals surface area contributed by atoms with Gasteiger partial charge in [0.2, 0.25) is 0 Å². The number of carbonyl (C=O) groups is 3. The Hall–Kier alpha value is -4.86. The number of benzene rings is 2. The lowest BCUT2D eigenvalue weighted by molar-refractivity contribution is -0.140. The van der Waals surface area contributed by atoms with E-state index in [0.717, 1.165) is 30.6 Å². The van der Waals surface area contributed by atoms with Crippen LogP contribution in [0.15, 0.2) is 90.9 Å². The number of hydrogen-bond donors (Lipinski definition) is 1. The van der Waals surface area contributed by atoms with Crippen LogP contribution in [0.1, 0.15) is 63.2 Å². The Bertz CT molecular complexity index is 1410. The average Bonchev–Trinajstić information content (AvgIpc) is 3.41. The first-order valence-corrected chi connectivity index (χ1v) is 14.4. The van der Waals surface area contributed by atoms with Gasteiger partial charge in [0.1, 0.15) is 18.1 Å². The van der Waals surface area contributed by atoms with Crippen molar-refractivity contribution in [2.45, 2.75) is 58.5 Å². The van der Waals surface area contributed by atoms with E-state index in [1.54, 1.807) is 56.2 Å². The maximum absolute atomic E-state index is 14.1. The predicted octanol–water partition coefficient (Wildman–Crippen LogP) is 6.74. The number of rotatable bonds is 11. The zero-order chi connectivity index (χ0) is 30.8. The summed E-state index contributed by atoms with van der Waals surface area (Å²) in [4.78, 5) is 44.4. The Morgan fingerprint density at radius 3 is 2.26 bits per heavy atom. The zero-order valence-corrected chi connectivity index (χ0v) is 25.2. The van der Waals surface area contributed by atoms with Crippen molar-refractivity contribution in [2.24, 2.45) is 0 Å². The predicted molar refractivity (Wildman–Crippen MR) is 166 cm³/mol. The van der Waals surface area contributed by atoms with Gasteiger partial charge in [-0.15, -0.1) is 0 Å². The maximum Gasteiger partial charge on any atom is 0.413 e. The molecule has 1 aliphatic rings. The minimum Gasteiger partial charge on any atom is -0.469 e. The van der Waals surface area contributed by atoms with Crippen LogP contribution >= 0.6 is 0 Å². The normalized spacial score (nSPS) is 12.9. The second-order valence-electron chi connectivity index (χ2n) is 11.1. The molecule has 0 atom stereocenters. The van der Waals surface area contributed by atoms with Gasteiger partial charge in [0.05, 0.1) is 24.7 Å². The molecule has 0 saturated carbocycles. The molecule has 10 nitrogen and oxygen atoms in total. The van der Waals surface area contributed by atoms with Gasteiger partial charge < -0.3 is 14.4 Å². The Morgan fingerprint density at radius 1 is 0.930 bits per heavy atom. The number of nitrogens with one attached hydrogen (secondary N) is 1. The molecule has 0 aliphatic carbocycles. The van der Waals surface area contributed by atoms with Gasteiger partial charge in [-0.1, -0.05) is 42.8 Å². The molecule has 1 N–H and O–H groups in total. The molecule has 2 aromatic carbocycles. The summed E-state index contributed by atoms with van der Waals surface area (Å²) in [6.45, 7) is 5.76. The highest BCUT2D eigenvalue weighted by molar-refractivity contribution is 6.05. The van der Waals surface area contributed by atoms with Crippen molar-refractivity contribution in [1.82, 2.24) is 9.99 Å². The monoisotopic (exact) mass is 585 g/mol. The second-order valence-corrected chi connectivity index (χ2v) is 11.1. The summed E-state index contributed by atoms with van der Waals surface area (Å²) in [5, 5.41) is 6.23. The summed E-state index contributed by atoms with van der Waals surface area (Å²) in [7, 11) is 1.40. The number of pyridine rings is 1. The van der Waals surface area contributed by atoms with Crippen LogP contribution in [0.5, 0.6) is 0 Å². The Balaban J connectivity index is 1.62. The molecule has 0 fully saturated rings. The van der Waals surface area contributed by atoms with Crippen molar-refractivity contribution in [3.63, 3.8) is 0 Å². The number of hydrogen-bond acceptors (Lipinski definition) is 8. The molecule has 226 valence electrons. The molecule has 43 heavy (non-hydrogen) atoms. The fourth-order valence-corrected chi connectivity index (χ4v) is 4.60. The lowest BCUT2D eigenvalue weighted by Gasteiger charge is -2.35. The first kappa shape index (κ1) is 31.1. The van der Waals surface area contributed by atoms with Gasteiger partial charge >= 0.3 is 12.1 Å². The highest BCUT2D eigenvalue weighted by atomic mass is 16.6. The Morgan fingerprint density at radius 2 is 1.63 bits per heavy atom. The van der Waals surface area contributed by atoms with E-state index in [4.69, 9.17) is 9.47 Å². The lowest BCUT2D eigenvalue weighted by Crippen LogP contribution is -2.47. The van der Waals surface area contributed by atoms with Crippen molar-refractivity contribution in [3.8, 4) is 0 Å². The summed E-state index contributed by atoms with van der Waals surface area (Å²) in [5.41, 5.74) is 2.35. The molecule has 0 bridgehead atoms. The molecule has 4 rings (SSSR count). The van der Waals surface area contributed by atoms with E-state index in [0.29, 0.717) is 36.6 Å². The third kappa shape index (κ3) is 8.81. The van der Waals surface area contributed by atoms with Crippen molar-refractivity contribution in [1.29, 1.82) is 0 Å². The van der Waals surface area contributed by atoms with Crippen LogP contribution in [0.2, 0.25) is 0 Å². The molecule has 1 aromatic heterocycles. The molecular weight excluding hydrogens is 546 g/mol. The van der Waals surface area contributed by atoms with E-state index in [1.165, 1.54) is 7.11 Å². The quantitative estimate of drug-likeness (QED) is 0.195. The number of hydrazine groups is 1. The number of para-hydroxylation sites is 1. The number of unbranched alkanes of at least 4 members (excludes halogenated alkanes) is 2. The van der Waals surface area contributed by atoms with Crippen LogP contribution in [0, 0.1) is 0 Å². The molecule has 0 radical (unpaired) electrons. The second kappa shape index (κ2) is 14.4. The third-order valence-corrected chi connectivity index (χ3v) is 6.63. The minimum atomic E-state index is -0.647. The van der Waals surface area contributed by atoms with Crippen molar-refractivity contribution in [3.05, 3.63) is 96.5 Å². The Kier molecular flexibility index (Phi) is 10.4. The fourth-order valence-electron chi connectivity index (χ4n) is 4.60. The first-order chi connectivity index (χ1) is 20.6. The molecule has 1 aliphatic heterocycles. The van der Waals surface area contributed by atoms with E-state index < -0.39 is 11.7 Å². The largest absolute Gasteiger partial charge is 0.469 e. The van der Waals surface area contributed by atoms with Gasteiger partial charge in [-0.05, 0) is 76.4 Å². The summed E-state index contributed by atoms with van der Waals surface area (Å²) < 4.78 is 10.1. The molecule has 10 heteroatoms. The topological polar surface area (TPSA) is 104 Å². The number of amides is 2. The third-order valence-electron chi connectivity index (χ3n) is 6.63. The van der Waals surface area contributed by atoms with Crippen LogP contribution in [0.4, 0.5) is 22.0 Å². The van der Waals surface area contributed by atoms with Gasteiger partial charge in [0.15, 0.2) is 0 Å². The fraction of sp³-hybridized carbons (Fsp3) is 0.333. The van der Waals surface area contributed by atoms with Crippen molar-refractivity contribution < 1.29 is 23.9 Å². The van der Waals surface area contributed by atoms with Crippen molar-refractivity contribution in [2.75, 3.05) is 29.0 Å². The standard InChI is InChI=1S/C33H39N5O5/c1-33(2,3)43-32(41)35-29-21-20-27(22-34-29)38(31(40)25-14-8-5-9-15-25)37-24-36(26-16-10-6-11-17-26)23-28(37)18-12-7-13-19-30(39)42-4/h5-6,8-11,14-17,20-23H,7,12-13,18-19,24H2,1-4H3,(H,34,35,41). The van der Waals surface area contributed by atoms with Gasteiger partial charge in [0, 0.05) is 23.9 Å². The van der Waals surface area contributed by atoms with Crippen LogP contribution in [0.3, 0.4) is 0 Å². The minimum absolute atomic E-state index is 0.214. The number of aromatic nitrogens is 1. The summed E-state index contributed by atoms with van der Waals surface area (Å²) in [6, 6.07) is 22.4. The summed E-state index contributed by atoms with van der Waals surface area (Å²) >= 11 is 0. The SMILES string of the molecule is COC(=O)CCCCCC1=CN(c2ccccc2)CN1N(C(=O)c1ccccc1)c1ccc(NC(=O)OC(C)(C)C)nc1. The van der Waals surface area contributed by atoms with Crippen LogP contribution in [0.25, 0.3) is 0 Å². The summed E-state index contributed by atoms with van der Waals surface area (Å²) in [5.74, 6) is -0.130. The molecule has 0 spiro atoms.